The maximum absolute atomic E-state index is 4.45. The largest absolute Gasteiger partial charge is 0.309 e. The highest BCUT2D eigenvalue weighted by Gasteiger charge is 2.19. The molecule has 0 fully saturated rings. The molecule has 45 heavy (non-hydrogen) atoms. The lowest BCUT2D eigenvalue weighted by Crippen LogP contribution is -2.03. The lowest BCUT2D eigenvalue weighted by Gasteiger charge is -2.17. The summed E-state index contributed by atoms with van der Waals surface area (Å²) in [5, 5.41) is 6.31. The van der Waals surface area contributed by atoms with E-state index < -0.39 is 0 Å². The SMILES string of the molecule is c1cc2c(cn1)c1cnccc1n2-c1cc(-n2c3ccncc3c3cnccc32)cc(-n2c3ccncc3c3cnccc32)c1. The van der Waals surface area contributed by atoms with Gasteiger partial charge in [-0.3, -0.25) is 29.9 Å². The summed E-state index contributed by atoms with van der Waals surface area (Å²) < 4.78 is 6.90. The van der Waals surface area contributed by atoms with Crippen molar-refractivity contribution in [1.82, 2.24) is 43.6 Å². The summed E-state index contributed by atoms with van der Waals surface area (Å²) in [7, 11) is 0. The van der Waals surface area contributed by atoms with E-state index in [1.165, 1.54) is 0 Å². The number of hydrogen-bond donors (Lipinski definition) is 0. The topological polar surface area (TPSA) is 92.1 Å². The number of fused-ring (bicyclic) bond motifs is 9. The molecule has 0 N–H and O–H groups in total. The fourth-order valence-electron chi connectivity index (χ4n) is 6.93. The normalized spacial score (nSPS) is 12.0. The Morgan fingerprint density at radius 1 is 0.289 bits per heavy atom. The van der Waals surface area contributed by atoms with Crippen molar-refractivity contribution >= 4 is 65.4 Å². The van der Waals surface area contributed by atoms with Crippen molar-refractivity contribution in [2.45, 2.75) is 0 Å². The second-order valence-electron chi connectivity index (χ2n) is 11.1. The van der Waals surface area contributed by atoms with Crippen LogP contribution in [0.3, 0.4) is 0 Å². The Morgan fingerprint density at radius 3 is 0.689 bits per heavy atom. The van der Waals surface area contributed by atoms with Gasteiger partial charge in [0.15, 0.2) is 0 Å². The quantitative estimate of drug-likeness (QED) is 0.217. The van der Waals surface area contributed by atoms with Crippen LogP contribution < -0.4 is 0 Å². The maximum Gasteiger partial charge on any atom is 0.0572 e. The smallest absolute Gasteiger partial charge is 0.0572 e. The maximum atomic E-state index is 4.45. The van der Waals surface area contributed by atoms with Gasteiger partial charge in [0.2, 0.25) is 0 Å². The molecule has 9 heteroatoms. The Bertz CT molecular complexity index is 2310. The van der Waals surface area contributed by atoms with Crippen molar-refractivity contribution in [3.05, 3.63) is 129 Å². The van der Waals surface area contributed by atoms with Gasteiger partial charge in [-0.05, 0) is 54.6 Å². The standard InChI is InChI=1S/C36H21N9/c1-7-37-16-25-26-17-38-8-2-32(26)43(31(1)25)22-13-23(44-33-3-9-39-18-27(33)28-19-40-10-4-34(28)44)15-24(14-22)45-35-5-11-41-20-29(35)30-21-42-12-6-36(30)45/h1-21H. The number of aromatic nitrogens is 9. The summed E-state index contributed by atoms with van der Waals surface area (Å²) in [6.07, 6.45) is 22.6. The van der Waals surface area contributed by atoms with Crippen molar-refractivity contribution in [3.8, 4) is 17.1 Å². The Balaban J connectivity index is 1.38. The fraction of sp³-hybridized carbons (Fsp3) is 0. The first-order valence-electron chi connectivity index (χ1n) is 14.6. The van der Waals surface area contributed by atoms with Gasteiger partial charge in [-0.25, -0.2) is 0 Å². The highest BCUT2D eigenvalue weighted by atomic mass is 15.0. The molecule has 0 saturated heterocycles. The molecule has 0 bridgehead atoms. The molecule has 10 aromatic rings. The second kappa shape index (κ2) is 9.01. The van der Waals surface area contributed by atoms with Crippen LogP contribution in [-0.4, -0.2) is 43.6 Å². The zero-order valence-electron chi connectivity index (χ0n) is 23.6. The van der Waals surface area contributed by atoms with Crippen LogP contribution in [0.2, 0.25) is 0 Å². The third-order valence-electron chi connectivity index (χ3n) is 8.77. The zero-order valence-corrected chi connectivity index (χ0v) is 23.6. The van der Waals surface area contributed by atoms with Gasteiger partial charge in [-0.2, -0.15) is 0 Å². The molecule has 0 aliphatic rings. The highest BCUT2D eigenvalue weighted by molar-refractivity contribution is 6.11. The van der Waals surface area contributed by atoms with E-state index in [9.17, 15) is 0 Å². The summed E-state index contributed by atoms with van der Waals surface area (Å²) in [6, 6.07) is 19.2. The van der Waals surface area contributed by atoms with Gasteiger partial charge in [0, 0.05) is 107 Å². The van der Waals surface area contributed by atoms with Gasteiger partial charge in [-0.1, -0.05) is 0 Å². The summed E-state index contributed by atoms with van der Waals surface area (Å²) in [5.41, 5.74) is 9.38. The number of hydrogen-bond acceptors (Lipinski definition) is 6. The number of pyridine rings is 6. The van der Waals surface area contributed by atoms with E-state index in [4.69, 9.17) is 0 Å². The molecule has 9 aromatic heterocycles. The zero-order chi connectivity index (χ0) is 29.5. The van der Waals surface area contributed by atoms with Crippen LogP contribution in [0, 0.1) is 0 Å². The molecule has 9 heterocycles. The molecule has 210 valence electrons. The minimum atomic E-state index is 1.01. The monoisotopic (exact) mass is 579 g/mol. The third kappa shape index (κ3) is 3.31. The number of benzene rings is 1. The predicted molar refractivity (Wildman–Crippen MR) is 176 cm³/mol. The summed E-state index contributed by atoms with van der Waals surface area (Å²) in [5.74, 6) is 0. The minimum absolute atomic E-state index is 1.01. The van der Waals surface area contributed by atoms with Crippen LogP contribution in [0.25, 0.3) is 82.5 Å². The molecule has 0 spiro atoms. The van der Waals surface area contributed by atoms with E-state index in [0.29, 0.717) is 0 Å². The molecule has 0 saturated carbocycles. The number of nitrogens with zero attached hydrogens (tertiary/aromatic N) is 9. The van der Waals surface area contributed by atoms with E-state index in [1.807, 2.05) is 74.4 Å². The lowest BCUT2D eigenvalue weighted by molar-refractivity contribution is 1.09. The molecule has 9 nitrogen and oxygen atoms in total. The fourth-order valence-corrected chi connectivity index (χ4v) is 6.93. The first-order chi connectivity index (χ1) is 22.3. The first kappa shape index (κ1) is 24.0. The van der Waals surface area contributed by atoms with Crippen LogP contribution >= 0.6 is 0 Å². The van der Waals surface area contributed by atoms with Crippen LogP contribution in [0.5, 0.6) is 0 Å². The number of rotatable bonds is 3. The van der Waals surface area contributed by atoms with Crippen LogP contribution in [0.4, 0.5) is 0 Å². The molecule has 0 radical (unpaired) electrons. The Kier molecular flexibility index (Phi) is 4.81. The molecule has 0 aliphatic heterocycles. The van der Waals surface area contributed by atoms with Crippen molar-refractivity contribution in [1.29, 1.82) is 0 Å². The van der Waals surface area contributed by atoms with Crippen molar-refractivity contribution in [2.24, 2.45) is 0 Å². The van der Waals surface area contributed by atoms with Crippen molar-refractivity contribution in [3.63, 3.8) is 0 Å². The van der Waals surface area contributed by atoms with E-state index in [2.05, 4.69) is 98.2 Å². The van der Waals surface area contributed by atoms with E-state index in [0.717, 1.165) is 82.5 Å². The summed E-state index contributed by atoms with van der Waals surface area (Å²) in [6.45, 7) is 0. The predicted octanol–water partition coefficient (Wildman–Crippen LogP) is 7.35. The Labute approximate surface area is 254 Å². The van der Waals surface area contributed by atoms with Gasteiger partial charge in [-0.15, -0.1) is 0 Å². The van der Waals surface area contributed by atoms with Gasteiger partial charge < -0.3 is 13.7 Å². The minimum Gasteiger partial charge on any atom is -0.309 e. The van der Waals surface area contributed by atoms with Gasteiger partial charge in [0.1, 0.15) is 0 Å². The van der Waals surface area contributed by atoms with E-state index in [1.54, 1.807) is 0 Å². The molecule has 0 amide bonds. The third-order valence-corrected chi connectivity index (χ3v) is 8.77. The first-order valence-corrected chi connectivity index (χ1v) is 14.6. The van der Waals surface area contributed by atoms with E-state index in [-0.39, 0.29) is 0 Å². The Hall–Kier alpha value is -6.48. The average molecular weight is 580 g/mol. The van der Waals surface area contributed by atoms with Crippen LogP contribution in [0.15, 0.2) is 129 Å². The van der Waals surface area contributed by atoms with Crippen molar-refractivity contribution < 1.29 is 0 Å². The second-order valence-corrected chi connectivity index (χ2v) is 11.1. The molecule has 0 atom stereocenters. The van der Waals surface area contributed by atoms with Gasteiger partial charge >= 0.3 is 0 Å². The average Bonchev–Trinajstić information content (AvgIpc) is 3.74. The molecule has 0 aliphatic carbocycles. The van der Waals surface area contributed by atoms with E-state index >= 15 is 0 Å². The summed E-state index contributed by atoms with van der Waals surface area (Å²) in [4.78, 5) is 26.7. The molecular formula is C36H21N9. The highest BCUT2D eigenvalue weighted by Crippen LogP contribution is 2.38. The van der Waals surface area contributed by atoms with Gasteiger partial charge in [0.05, 0.1) is 50.2 Å². The molecular weight excluding hydrogens is 558 g/mol. The molecule has 0 unspecified atom stereocenters. The Morgan fingerprint density at radius 2 is 0.489 bits per heavy atom. The van der Waals surface area contributed by atoms with Crippen LogP contribution in [-0.2, 0) is 0 Å². The summed E-state index contributed by atoms with van der Waals surface area (Å²) >= 11 is 0. The van der Waals surface area contributed by atoms with Crippen LogP contribution in [0.1, 0.15) is 0 Å². The molecule has 1 aromatic carbocycles. The van der Waals surface area contributed by atoms with Crippen molar-refractivity contribution in [2.75, 3.05) is 0 Å². The molecule has 10 rings (SSSR count). The lowest BCUT2D eigenvalue weighted by atomic mass is 10.2. The van der Waals surface area contributed by atoms with Gasteiger partial charge in [0.25, 0.3) is 0 Å².